The van der Waals surface area contributed by atoms with Crippen molar-refractivity contribution < 1.29 is 9.53 Å². The Morgan fingerprint density at radius 3 is 2.85 bits per heavy atom. The summed E-state index contributed by atoms with van der Waals surface area (Å²) >= 11 is 0. The van der Waals surface area contributed by atoms with Crippen molar-refractivity contribution in [3.8, 4) is 0 Å². The zero-order chi connectivity index (χ0) is 14.4. The van der Waals surface area contributed by atoms with Gasteiger partial charge in [-0.25, -0.2) is 0 Å². The van der Waals surface area contributed by atoms with Gasteiger partial charge in [-0.15, -0.1) is 0 Å². The molecule has 1 unspecified atom stereocenters. The maximum absolute atomic E-state index is 11.1. The number of anilines is 1. The fraction of sp³-hybridized carbons (Fsp3) is 0.562. The molecule has 1 amide bonds. The smallest absolute Gasteiger partial charge is 0.221 e. The van der Waals surface area contributed by atoms with Crippen LogP contribution in [0.3, 0.4) is 0 Å². The number of benzene rings is 1. The molecule has 0 aromatic heterocycles. The third-order valence-corrected chi connectivity index (χ3v) is 3.76. The molecule has 2 N–H and O–H groups in total. The van der Waals surface area contributed by atoms with E-state index in [-0.39, 0.29) is 11.9 Å². The Kier molecular flexibility index (Phi) is 5.56. The van der Waals surface area contributed by atoms with Gasteiger partial charge < -0.3 is 15.4 Å². The largest absolute Gasteiger partial charge is 0.381 e. The van der Waals surface area contributed by atoms with Crippen molar-refractivity contribution in [3.63, 3.8) is 0 Å². The van der Waals surface area contributed by atoms with Crippen LogP contribution in [-0.4, -0.2) is 25.7 Å². The topological polar surface area (TPSA) is 50.4 Å². The average Bonchev–Trinajstić information content (AvgIpc) is 2.45. The maximum Gasteiger partial charge on any atom is 0.221 e. The van der Waals surface area contributed by atoms with Crippen LogP contribution in [-0.2, 0) is 9.53 Å². The minimum absolute atomic E-state index is 0.0371. The van der Waals surface area contributed by atoms with Crippen LogP contribution in [0.15, 0.2) is 24.3 Å². The van der Waals surface area contributed by atoms with Crippen molar-refractivity contribution in [2.75, 3.05) is 25.1 Å². The third-order valence-electron chi connectivity index (χ3n) is 3.76. The SMILES string of the molecule is CC(=O)Nc1cccc(C(C)NCC2CCOCC2)c1. The Morgan fingerprint density at radius 1 is 1.40 bits per heavy atom. The molecule has 110 valence electrons. The number of nitrogens with one attached hydrogen (secondary N) is 2. The molecule has 0 aliphatic carbocycles. The van der Waals surface area contributed by atoms with Crippen LogP contribution in [0.25, 0.3) is 0 Å². The van der Waals surface area contributed by atoms with Crippen molar-refractivity contribution in [3.05, 3.63) is 29.8 Å². The molecule has 1 aliphatic rings. The van der Waals surface area contributed by atoms with Crippen molar-refractivity contribution in [2.24, 2.45) is 5.92 Å². The molecule has 0 spiro atoms. The zero-order valence-corrected chi connectivity index (χ0v) is 12.3. The van der Waals surface area contributed by atoms with Crippen LogP contribution < -0.4 is 10.6 Å². The third kappa shape index (κ3) is 4.62. The number of amides is 1. The predicted octanol–water partition coefficient (Wildman–Crippen LogP) is 2.72. The summed E-state index contributed by atoms with van der Waals surface area (Å²) in [7, 11) is 0. The van der Waals surface area contributed by atoms with E-state index in [4.69, 9.17) is 4.74 Å². The molecular weight excluding hydrogens is 252 g/mol. The summed E-state index contributed by atoms with van der Waals surface area (Å²) in [5.74, 6) is 0.676. The molecule has 0 radical (unpaired) electrons. The van der Waals surface area contributed by atoms with E-state index in [0.717, 1.165) is 38.3 Å². The van der Waals surface area contributed by atoms with Crippen LogP contribution in [0, 0.1) is 5.92 Å². The maximum atomic E-state index is 11.1. The Morgan fingerprint density at radius 2 is 2.15 bits per heavy atom. The molecule has 1 heterocycles. The molecule has 4 nitrogen and oxygen atoms in total. The van der Waals surface area contributed by atoms with Crippen molar-refractivity contribution in [2.45, 2.75) is 32.7 Å². The monoisotopic (exact) mass is 276 g/mol. The van der Waals surface area contributed by atoms with Gasteiger partial charge in [-0.3, -0.25) is 4.79 Å². The average molecular weight is 276 g/mol. The number of rotatable bonds is 5. The summed E-state index contributed by atoms with van der Waals surface area (Å²) in [6, 6.07) is 8.30. The van der Waals surface area contributed by atoms with Crippen molar-refractivity contribution >= 4 is 11.6 Å². The Labute approximate surface area is 120 Å². The number of hydrogen-bond donors (Lipinski definition) is 2. The molecule has 0 bridgehead atoms. The first-order chi connectivity index (χ1) is 9.65. The van der Waals surface area contributed by atoms with Gasteiger partial charge in [0.15, 0.2) is 0 Å². The summed E-state index contributed by atoms with van der Waals surface area (Å²) < 4.78 is 5.38. The minimum Gasteiger partial charge on any atom is -0.381 e. The standard InChI is InChI=1S/C16H24N2O2/c1-12(17-11-14-6-8-20-9-7-14)15-4-3-5-16(10-15)18-13(2)19/h3-5,10,12,14,17H,6-9,11H2,1-2H3,(H,18,19). The van der Waals surface area contributed by atoms with Gasteiger partial charge in [-0.1, -0.05) is 12.1 Å². The van der Waals surface area contributed by atoms with Crippen LogP contribution in [0.1, 0.15) is 38.3 Å². The van der Waals surface area contributed by atoms with E-state index in [0.29, 0.717) is 5.92 Å². The molecule has 1 aromatic rings. The predicted molar refractivity (Wildman–Crippen MR) is 80.7 cm³/mol. The van der Waals surface area contributed by atoms with Gasteiger partial charge in [0.25, 0.3) is 0 Å². The molecule has 20 heavy (non-hydrogen) atoms. The van der Waals surface area contributed by atoms with E-state index < -0.39 is 0 Å². The van der Waals surface area contributed by atoms with E-state index >= 15 is 0 Å². The minimum atomic E-state index is -0.0371. The first-order valence-electron chi connectivity index (χ1n) is 7.34. The number of ether oxygens (including phenoxy) is 1. The fourth-order valence-electron chi connectivity index (χ4n) is 2.50. The van der Waals surface area contributed by atoms with Crippen LogP contribution in [0.2, 0.25) is 0 Å². The second kappa shape index (κ2) is 7.41. The van der Waals surface area contributed by atoms with E-state index in [2.05, 4.69) is 23.6 Å². The van der Waals surface area contributed by atoms with Gasteiger partial charge in [0.2, 0.25) is 5.91 Å². The number of carbonyl (C=O) groups is 1. The highest BCUT2D eigenvalue weighted by Gasteiger charge is 2.15. The van der Waals surface area contributed by atoms with Gasteiger partial charge in [-0.2, -0.15) is 0 Å². The Bertz CT molecular complexity index is 442. The van der Waals surface area contributed by atoms with Crippen LogP contribution in [0.4, 0.5) is 5.69 Å². The molecule has 1 fully saturated rings. The van der Waals surface area contributed by atoms with E-state index in [1.807, 2.05) is 18.2 Å². The molecule has 1 atom stereocenters. The second-order valence-electron chi connectivity index (χ2n) is 5.49. The lowest BCUT2D eigenvalue weighted by Crippen LogP contribution is -2.29. The van der Waals surface area contributed by atoms with Crippen LogP contribution in [0.5, 0.6) is 0 Å². The molecule has 4 heteroatoms. The quantitative estimate of drug-likeness (QED) is 0.869. The summed E-state index contributed by atoms with van der Waals surface area (Å²) in [6.07, 6.45) is 2.29. The van der Waals surface area contributed by atoms with Gasteiger partial charge in [-0.05, 0) is 49.9 Å². The van der Waals surface area contributed by atoms with Crippen molar-refractivity contribution in [1.29, 1.82) is 0 Å². The fourth-order valence-corrected chi connectivity index (χ4v) is 2.50. The van der Waals surface area contributed by atoms with Gasteiger partial charge in [0.05, 0.1) is 0 Å². The van der Waals surface area contributed by atoms with Crippen LogP contribution >= 0.6 is 0 Å². The van der Waals surface area contributed by atoms with Gasteiger partial charge >= 0.3 is 0 Å². The summed E-state index contributed by atoms with van der Waals surface area (Å²) in [5.41, 5.74) is 2.05. The first-order valence-corrected chi connectivity index (χ1v) is 7.34. The lowest BCUT2D eigenvalue weighted by Gasteiger charge is -2.24. The highest BCUT2D eigenvalue weighted by molar-refractivity contribution is 5.88. The van der Waals surface area contributed by atoms with Crippen molar-refractivity contribution in [1.82, 2.24) is 5.32 Å². The number of carbonyl (C=O) groups excluding carboxylic acids is 1. The van der Waals surface area contributed by atoms with E-state index in [1.54, 1.807) is 0 Å². The van der Waals surface area contributed by atoms with E-state index in [9.17, 15) is 4.79 Å². The highest BCUT2D eigenvalue weighted by Crippen LogP contribution is 2.19. The first kappa shape index (κ1) is 15.0. The van der Waals surface area contributed by atoms with Gasteiger partial charge in [0, 0.05) is 31.9 Å². The molecule has 1 aliphatic heterocycles. The molecule has 1 aromatic carbocycles. The molecule has 2 rings (SSSR count). The summed E-state index contributed by atoms with van der Waals surface area (Å²) in [6.45, 7) is 6.48. The number of hydrogen-bond acceptors (Lipinski definition) is 3. The Hall–Kier alpha value is -1.39. The highest BCUT2D eigenvalue weighted by atomic mass is 16.5. The normalized spacial score (nSPS) is 17.7. The van der Waals surface area contributed by atoms with E-state index in [1.165, 1.54) is 12.5 Å². The lowest BCUT2D eigenvalue weighted by molar-refractivity contribution is -0.114. The summed E-state index contributed by atoms with van der Waals surface area (Å²) in [4.78, 5) is 11.1. The molecule has 1 saturated heterocycles. The Balaban J connectivity index is 1.87. The second-order valence-corrected chi connectivity index (χ2v) is 5.49. The zero-order valence-electron chi connectivity index (χ0n) is 12.3. The molecular formula is C16H24N2O2. The molecule has 0 saturated carbocycles. The van der Waals surface area contributed by atoms with Gasteiger partial charge in [0.1, 0.15) is 0 Å². The lowest BCUT2D eigenvalue weighted by atomic mass is 9.99. The summed E-state index contributed by atoms with van der Waals surface area (Å²) in [5, 5.41) is 6.40.